The van der Waals surface area contributed by atoms with Gasteiger partial charge in [0.1, 0.15) is 0 Å². The predicted octanol–water partition coefficient (Wildman–Crippen LogP) is 4.36. The van der Waals surface area contributed by atoms with Crippen molar-refractivity contribution in [1.82, 2.24) is 20.1 Å². The number of nitrogens with zero attached hydrogens (tertiary/aromatic N) is 4. The molecule has 1 aromatic carbocycles. The van der Waals surface area contributed by atoms with Crippen LogP contribution < -0.4 is 5.32 Å². The van der Waals surface area contributed by atoms with Crippen LogP contribution in [0.3, 0.4) is 0 Å². The summed E-state index contributed by atoms with van der Waals surface area (Å²) in [5.74, 6) is 0.870. The number of aromatic nitrogens is 3. The standard InChI is InChI=1S/C23H27N5O/c1-16(2)19-7-5-6-17(3)22(19)25-21-9-8-20(26-27-21)23(29)28(4)15-12-18-10-13-24-14-11-18/h5-11,13-14,16H,12,15H2,1-4H3,(H,25,27). The maximum atomic E-state index is 12.6. The molecule has 0 aliphatic carbocycles. The number of para-hydroxylation sites is 1. The first kappa shape index (κ1) is 20.5. The molecule has 29 heavy (non-hydrogen) atoms. The Morgan fingerprint density at radius 2 is 1.83 bits per heavy atom. The van der Waals surface area contributed by atoms with Gasteiger partial charge >= 0.3 is 0 Å². The van der Waals surface area contributed by atoms with Crippen LogP contribution in [-0.2, 0) is 6.42 Å². The van der Waals surface area contributed by atoms with E-state index in [4.69, 9.17) is 0 Å². The fourth-order valence-electron chi connectivity index (χ4n) is 3.13. The zero-order chi connectivity index (χ0) is 20.8. The summed E-state index contributed by atoms with van der Waals surface area (Å²) in [6.07, 6.45) is 4.28. The van der Waals surface area contributed by atoms with Crippen molar-refractivity contribution in [2.75, 3.05) is 18.9 Å². The Hall–Kier alpha value is -3.28. The Balaban J connectivity index is 1.66. The second-order valence-corrected chi connectivity index (χ2v) is 7.45. The van der Waals surface area contributed by atoms with E-state index < -0.39 is 0 Å². The van der Waals surface area contributed by atoms with Crippen LogP contribution >= 0.6 is 0 Å². The number of likely N-dealkylation sites (N-methyl/N-ethyl adjacent to an activating group) is 1. The molecule has 0 aliphatic heterocycles. The van der Waals surface area contributed by atoms with E-state index in [-0.39, 0.29) is 5.91 Å². The lowest BCUT2D eigenvalue weighted by atomic mass is 9.98. The molecule has 6 nitrogen and oxygen atoms in total. The summed E-state index contributed by atoms with van der Waals surface area (Å²) >= 11 is 0. The minimum absolute atomic E-state index is 0.142. The SMILES string of the molecule is Cc1cccc(C(C)C)c1Nc1ccc(C(=O)N(C)CCc2ccncc2)nn1. The first-order chi connectivity index (χ1) is 14.0. The smallest absolute Gasteiger partial charge is 0.274 e. The van der Waals surface area contributed by atoms with E-state index in [2.05, 4.69) is 59.5 Å². The molecule has 0 spiro atoms. The molecular weight excluding hydrogens is 362 g/mol. The third kappa shape index (κ3) is 5.16. The number of hydrogen-bond donors (Lipinski definition) is 1. The van der Waals surface area contributed by atoms with Gasteiger partial charge in [0.15, 0.2) is 11.5 Å². The zero-order valence-electron chi connectivity index (χ0n) is 17.4. The highest BCUT2D eigenvalue weighted by Gasteiger charge is 2.15. The minimum atomic E-state index is -0.142. The van der Waals surface area contributed by atoms with E-state index in [0.717, 1.165) is 23.2 Å². The van der Waals surface area contributed by atoms with Crippen LogP contribution in [0.15, 0.2) is 54.9 Å². The van der Waals surface area contributed by atoms with Crippen LogP contribution in [0.4, 0.5) is 11.5 Å². The van der Waals surface area contributed by atoms with Crippen molar-refractivity contribution in [3.05, 3.63) is 77.2 Å². The Morgan fingerprint density at radius 1 is 1.07 bits per heavy atom. The third-order valence-corrected chi connectivity index (χ3v) is 4.90. The van der Waals surface area contributed by atoms with Crippen molar-refractivity contribution in [1.29, 1.82) is 0 Å². The van der Waals surface area contributed by atoms with E-state index in [0.29, 0.717) is 24.0 Å². The van der Waals surface area contributed by atoms with Gasteiger partial charge in [-0.15, -0.1) is 10.2 Å². The molecule has 0 unspecified atom stereocenters. The molecule has 3 aromatic rings. The van der Waals surface area contributed by atoms with Crippen LogP contribution in [-0.4, -0.2) is 39.6 Å². The first-order valence-electron chi connectivity index (χ1n) is 9.80. The van der Waals surface area contributed by atoms with Crippen molar-refractivity contribution in [2.45, 2.75) is 33.1 Å². The Morgan fingerprint density at radius 3 is 2.48 bits per heavy atom. The predicted molar refractivity (Wildman–Crippen MR) is 115 cm³/mol. The number of carbonyl (C=O) groups is 1. The molecule has 0 aliphatic rings. The van der Waals surface area contributed by atoms with Gasteiger partial charge in [-0.2, -0.15) is 0 Å². The minimum Gasteiger partial charge on any atom is -0.340 e. The molecule has 0 bridgehead atoms. The van der Waals surface area contributed by atoms with E-state index in [9.17, 15) is 4.79 Å². The highest BCUT2D eigenvalue weighted by molar-refractivity contribution is 5.92. The molecule has 1 N–H and O–H groups in total. The number of nitrogens with one attached hydrogen (secondary N) is 1. The first-order valence-corrected chi connectivity index (χ1v) is 9.80. The Kier molecular flexibility index (Phi) is 6.54. The van der Waals surface area contributed by atoms with Gasteiger partial charge in [0, 0.05) is 31.7 Å². The molecule has 0 saturated heterocycles. The molecule has 0 fully saturated rings. The molecule has 6 heteroatoms. The molecule has 2 heterocycles. The summed E-state index contributed by atoms with van der Waals surface area (Å²) in [6, 6.07) is 13.7. The van der Waals surface area contributed by atoms with E-state index >= 15 is 0 Å². The lowest BCUT2D eigenvalue weighted by molar-refractivity contribution is 0.0789. The molecule has 1 amide bonds. The molecule has 0 saturated carbocycles. The highest BCUT2D eigenvalue weighted by atomic mass is 16.2. The average Bonchev–Trinajstić information content (AvgIpc) is 2.74. The van der Waals surface area contributed by atoms with Crippen LogP contribution in [0.2, 0.25) is 0 Å². The van der Waals surface area contributed by atoms with Crippen LogP contribution in [0.5, 0.6) is 0 Å². The van der Waals surface area contributed by atoms with E-state index in [1.165, 1.54) is 5.56 Å². The van der Waals surface area contributed by atoms with E-state index in [1.807, 2.05) is 12.1 Å². The highest BCUT2D eigenvalue weighted by Crippen LogP contribution is 2.29. The van der Waals surface area contributed by atoms with Gasteiger partial charge in [0.2, 0.25) is 0 Å². The van der Waals surface area contributed by atoms with Gasteiger partial charge in [-0.25, -0.2) is 0 Å². The lowest BCUT2D eigenvalue weighted by Crippen LogP contribution is -2.29. The second kappa shape index (κ2) is 9.28. The number of aryl methyl sites for hydroxylation is 1. The number of hydrogen-bond acceptors (Lipinski definition) is 5. The summed E-state index contributed by atoms with van der Waals surface area (Å²) in [4.78, 5) is 18.3. The number of amides is 1. The zero-order valence-corrected chi connectivity index (χ0v) is 17.4. The van der Waals surface area contributed by atoms with Crippen LogP contribution in [0.1, 0.15) is 46.9 Å². The number of anilines is 2. The maximum absolute atomic E-state index is 12.6. The van der Waals surface area contributed by atoms with Gasteiger partial charge in [-0.3, -0.25) is 9.78 Å². The molecule has 0 atom stereocenters. The quantitative estimate of drug-likeness (QED) is 0.650. The van der Waals surface area contributed by atoms with Crippen molar-refractivity contribution in [3.63, 3.8) is 0 Å². The van der Waals surface area contributed by atoms with Gasteiger partial charge in [-0.1, -0.05) is 32.0 Å². The summed E-state index contributed by atoms with van der Waals surface area (Å²) in [5, 5.41) is 11.7. The van der Waals surface area contributed by atoms with Gasteiger partial charge in [-0.05, 0) is 60.2 Å². The molecule has 0 radical (unpaired) electrons. The molecular formula is C23H27N5O. The molecule has 150 valence electrons. The van der Waals surface area contributed by atoms with Crippen molar-refractivity contribution in [2.24, 2.45) is 0 Å². The number of pyridine rings is 1. The normalized spacial score (nSPS) is 10.8. The number of carbonyl (C=O) groups excluding carboxylic acids is 1. The third-order valence-electron chi connectivity index (χ3n) is 4.90. The average molecular weight is 390 g/mol. The van der Waals surface area contributed by atoms with Crippen molar-refractivity contribution < 1.29 is 4.79 Å². The largest absolute Gasteiger partial charge is 0.340 e. The molecule has 3 rings (SSSR count). The summed E-state index contributed by atoms with van der Waals surface area (Å²) in [6.45, 7) is 6.99. The topological polar surface area (TPSA) is 71.0 Å². The fraction of sp³-hybridized carbons (Fsp3) is 0.304. The number of benzene rings is 1. The van der Waals surface area contributed by atoms with E-state index in [1.54, 1.807) is 36.5 Å². The van der Waals surface area contributed by atoms with Crippen LogP contribution in [0, 0.1) is 6.92 Å². The van der Waals surface area contributed by atoms with Gasteiger partial charge in [0.05, 0.1) is 0 Å². The van der Waals surface area contributed by atoms with Crippen molar-refractivity contribution in [3.8, 4) is 0 Å². The van der Waals surface area contributed by atoms with Gasteiger partial charge < -0.3 is 10.2 Å². The summed E-state index contributed by atoms with van der Waals surface area (Å²) in [5.41, 5.74) is 4.90. The Bertz CT molecular complexity index is 955. The second-order valence-electron chi connectivity index (χ2n) is 7.45. The monoisotopic (exact) mass is 389 g/mol. The summed E-state index contributed by atoms with van der Waals surface area (Å²) < 4.78 is 0. The fourth-order valence-corrected chi connectivity index (χ4v) is 3.13. The number of rotatable bonds is 7. The van der Waals surface area contributed by atoms with Crippen LogP contribution in [0.25, 0.3) is 0 Å². The maximum Gasteiger partial charge on any atom is 0.274 e. The summed E-state index contributed by atoms with van der Waals surface area (Å²) in [7, 11) is 1.78. The van der Waals surface area contributed by atoms with Gasteiger partial charge in [0.25, 0.3) is 5.91 Å². The van der Waals surface area contributed by atoms with Crippen molar-refractivity contribution >= 4 is 17.4 Å². The molecule has 2 aromatic heterocycles. The Labute approximate surface area is 172 Å². The lowest BCUT2D eigenvalue weighted by Gasteiger charge is -2.18.